The molecular weight excluding hydrogens is 362 g/mol. The average molecular weight is 376 g/mol. The lowest BCUT2D eigenvalue weighted by molar-refractivity contribution is -0.111. The number of benzene rings is 1. The minimum atomic E-state index is -0.260. The Morgan fingerprint density at radius 3 is 2.65 bits per heavy atom. The molecule has 2 heterocycles. The van der Waals surface area contributed by atoms with Gasteiger partial charge < -0.3 is 15.1 Å². The van der Waals surface area contributed by atoms with Gasteiger partial charge >= 0.3 is 6.03 Å². The van der Waals surface area contributed by atoms with Crippen LogP contribution in [0.2, 0.25) is 0 Å². The molecule has 0 saturated carbocycles. The first-order valence-corrected chi connectivity index (χ1v) is 7.81. The van der Waals surface area contributed by atoms with Crippen LogP contribution in [-0.2, 0) is 4.79 Å². The number of carbonyl (C=O) groups excluding carboxylic acids is 2. The van der Waals surface area contributed by atoms with Crippen molar-refractivity contribution >= 4 is 45.3 Å². The molecule has 2 aromatic rings. The second-order valence-electron chi connectivity index (χ2n) is 4.89. The van der Waals surface area contributed by atoms with Gasteiger partial charge in [-0.25, -0.2) is 4.79 Å². The predicted molar refractivity (Wildman–Crippen MR) is 91.3 cm³/mol. The molecule has 0 aliphatic carbocycles. The summed E-state index contributed by atoms with van der Waals surface area (Å²) in [5.74, 6) is 0.326. The van der Waals surface area contributed by atoms with Crippen LogP contribution in [0.15, 0.2) is 51.6 Å². The number of rotatable bonds is 4. The van der Waals surface area contributed by atoms with E-state index in [9.17, 15) is 9.59 Å². The van der Waals surface area contributed by atoms with Crippen molar-refractivity contribution in [2.45, 2.75) is 0 Å². The summed E-state index contributed by atoms with van der Waals surface area (Å²) in [4.78, 5) is 25.1. The second kappa shape index (κ2) is 6.70. The SMILES string of the molecule is O=C(/C=C/c1ccc(Br)o1)Nc1ccc(N2CCNC2=O)cc1. The molecule has 2 N–H and O–H groups in total. The van der Waals surface area contributed by atoms with E-state index in [1.54, 1.807) is 47.4 Å². The van der Waals surface area contributed by atoms with Crippen LogP contribution in [0, 0.1) is 0 Å². The molecule has 0 radical (unpaired) electrons. The van der Waals surface area contributed by atoms with Crippen molar-refractivity contribution in [1.29, 1.82) is 0 Å². The van der Waals surface area contributed by atoms with E-state index < -0.39 is 0 Å². The maximum Gasteiger partial charge on any atom is 0.321 e. The Bertz CT molecular complexity index is 752. The summed E-state index contributed by atoms with van der Waals surface area (Å²) in [6.45, 7) is 1.29. The maximum absolute atomic E-state index is 11.9. The molecule has 0 bridgehead atoms. The molecule has 118 valence electrons. The summed E-state index contributed by atoms with van der Waals surface area (Å²) >= 11 is 3.20. The molecule has 0 unspecified atom stereocenters. The number of urea groups is 1. The molecule has 1 aromatic carbocycles. The van der Waals surface area contributed by atoms with Gasteiger partial charge in [0.15, 0.2) is 4.67 Å². The Balaban J connectivity index is 1.60. The van der Waals surface area contributed by atoms with Crippen molar-refractivity contribution in [1.82, 2.24) is 5.32 Å². The molecule has 1 fully saturated rings. The van der Waals surface area contributed by atoms with Gasteiger partial charge in [0, 0.05) is 30.5 Å². The zero-order valence-corrected chi connectivity index (χ0v) is 13.7. The number of furan rings is 1. The Morgan fingerprint density at radius 2 is 2.04 bits per heavy atom. The van der Waals surface area contributed by atoms with Gasteiger partial charge in [-0.3, -0.25) is 9.69 Å². The first-order chi connectivity index (χ1) is 11.1. The van der Waals surface area contributed by atoms with Crippen LogP contribution in [0.5, 0.6) is 0 Å². The Labute approximate surface area is 141 Å². The quantitative estimate of drug-likeness (QED) is 0.805. The number of amides is 3. The van der Waals surface area contributed by atoms with E-state index in [4.69, 9.17) is 4.42 Å². The van der Waals surface area contributed by atoms with Crippen LogP contribution in [0.1, 0.15) is 5.76 Å². The zero-order valence-electron chi connectivity index (χ0n) is 12.1. The highest BCUT2D eigenvalue weighted by Gasteiger charge is 2.20. The van der Waals surface area contributed by atoms with E-state index in [-0.39, 0.29) is 11.9 Å². The fourth-order valence-corrected chi connectivity index (χ4v) is 2.52. The fraction of sp³-hybridized carbons (Fsp3) is 0.125. The van der Waals surface area contributed by atoms with Gasteiger partial charge in [0.2, 0.25) is 5.91 Å². The van der Waals surface area contributed by atoms with Gasteiger partial charge in [-0.05, 0) is 58.4 Å². The van der Waals surface area contributed by atoms with Crippen LogP contribution in [0.4, 0.5) is 16.2 Å². The fourth-order valence-electron chi connectivity index (χ4n) is 2.20. The molecule has 0 spiro atoms. The molecule has 1 saturated heterocycles. The minimum Gasteiger partial charge on any atom is -0.450 e. The lowest BCUT2D eigenvalue weighted by Gasteiger charge is -2.14. The Hall–Kier alpha value is -2.54. The van der Waals surface area contributed by atoms with Crippen molar-refractivity contribution < 1.29 is 14.0 Å². The number of halogens is 1. The van der Waals surface area contributed by atoms with E-state index in [1.165, 1.54) is 6.08 Å². The second-order valence-corrected chi connectivity index (χ2v) is 5.68. The van der Waals surface area contributed by atoms with Crippen LogP contribution in [-0.4, -0.2) is 25.0 Å². The molecule has 6 nitrogen and oxygen atoms in total. The third-order valence-corrected chi connectivity index (χ3v) is 3.72. The van der Waals surface area contributed by atoms with Gasteiger partial charge in [0.1, 0.15) is 5.76 Å². The topological polar surface area (TPSA) is 74.6 Å². The van der Waals surface area contributed by atoms with Crippen molar-refractivity contribution in [3.05, 3.63) is 52.9 Å². The van der Waals surface area contributed by atoms with Gasteiger partial charge in [-0.15, -0.1) is 0 Å². The number of carbonyl (C=O) groups is 2. The zero-order chi connectivity index (χ0) is 16.2. The summed E-state index contributed by atoms with van der Waals surface area (Å²) in [7, 11) is 0. The number of nitrogens with zero attached hydrogens (tertiary/aromatic N) is 1. The summed E-state index contributed by atoms with van der Waals surface area (Å²) in [5.41, 5.74) is 1.46. The maximum atomic E-state index is 11.9. The third kappa shape index (κ3) is 3.81. The normalized spacial score (nSPS) is 14.3. The van der Waals surface area contributed by atoms with Gasteiger partial charge in [-0.1, -0.05) is 0 Å². The monoisotopic (exact) mass is 375 g/mol. The standard InChI is InChI=1S/C16H14BrN3O3/c17-14-7-5-13(23-14)6-8-15(21)19-11-1-3-12(4-2-11)20-10-9-18-16(20)22/h1-8H,9-10H2,(H,18,22)(H,19,21)/b8-6+. The molecule has 0 atom stereocenters. The van der Waals surface area contributed by atoms with Crippen molar-refractivity contribution in [3.63, 3.8) is 0 Å². The van der Waals surface area contributed by atoms with Crippen LogP contribution in [0.25, 0.3) is 6.08 Å². The molecule has 3 rings (SSSR count). The first-order valence-electron chi connectivity index (χ1n) is 7.02. The van der Waals surface area contributed by atoms with Crippen LogP contribution in [0.3, 0.4) is 0 Å². The summed E-state index contributed by atoms with van der Waals surface area (Å²) in [5, 5.41) is 5.49. The molecule has 1 aliphatic rings. The number of nitrogens with one attached hydrogen (secondary N) is 2. The lowest BCUT2D eigenvalue weighted by Crippen LogP contribution is -2.27. The summed E-state index contributed by atoms with van der Waals surface area (Å²) in [6.07, 6.45) is 2.98. The van der Waals surface area contributed by atoms with Crippen LogP contribution >= 0.6 is 15.9 Å². The number of anilines is 2. The molecule has 23 heavy (non-hydrogen) atoms. The summed E-state index contributed by atoms with van der Waals surface area (Å²) < 4.78 is 5.88. The van der Waals surface area contributed by atoms with E-state index in [2.05, 4.69) is 26.6 Å². The molecule has 3 amide bonds. The third-order valence-electron chi connectivity index (χ3n) is 3.30. The van der Waals surface area contributed by atoms with E-state index in [0.29, 0.717) is 29.2 Å². The highest BCUT2D eigenvalue weighted by Crippen LogP contribution is 2.20. The van der Waals surface area contributed by atoms with Crippen molar-refractivity contribution in [2.24, 2.45) is 0 Å². The molecular formula is C16H14BrN3O3. The van der Waals surface area contributed by atoms with Gasteiger partial charge in [0.25, 0.3) is 0 Å². The molecule has 1 aliphatic heterocycles. The minimum absolute atomic E-state index is 0.102. The largest absolute Gasteiger partial charge is 0.450 e. The molecule has 7 heteroatoms. The summed E-state index contributed by atoms with van der Waals surface area (Å²) in [6, 6.07) is 10.5. The van der Waals surface area contributed by atoms with Gasteiger partial charge in [-0.2, -0.15) is 0 Å². The average Bonchev–Trinajstić information content (AvgIpc) is 3.14. The van der Waals surface area contributed by atoms with Crippen LogP contribution < -0.4 is 15.5 Å². The molecule has 1 aromatic heterocycles. The predicted octanol–water partition coefficient (Wildman–Crippen LogP) is 3.22. The van der Waals surface area contributed by atoms with E-state index in [1.807, 2.05) is 0 Å². The van der Waals surface area contributed by atoms with Gasteiger partial charge in [0.05, 0.1) is 0 Å². The highest BCUT2D eigenvalue weighted by atomic mass is 79.9. The Kier molecular flexibility index (Phi) is 4.47. The van der Waals surface area contributed by atoms with Crippen molar-refractivity contribution in [2.75, 3.05) is 23.3 Å². The lowest BCUT2D eigenvalue weighted by atomic mass is 10.2. The smallest absolute Gasteiger partial charge is 0.321 e. The highest BCUT2D eigenvalue weighted by molar-refractivity contribution is 9.10. The van der Waals surface area contributed by atoms with E-state index >= 15 is 0 Å². The first kappa shape index (κ1) is 15.4. The Morgan fingerprint density at radius 1 is 1.26 bits per heavy atom. The number of hydrogen-bond acceptors (Lipinski definition) is 3. The number of hydrogen-bond donors (Lipinski definition) is 2. The van der Waals surface area contributed by atoms with E-state index in [0.717, 1.165) is 5.69 Å². The van der Waals surface area contributed by atoms with Crippen molar-refractivity contribution in [3.8, 4) is 0 Å².